The van der Waals surface area contributed by atoms with Crippen LogP contribution in [0.1, 0.15) is 17.0 Å². The quantitative estimate of drug-likeness (QED) is 0.837. The summed E-state index contributed by atoms with van der Waals surface area (Å²) in [7, 11) is 0. The van der Waals surface area contributed by atoms with Crippen LogP contribution < -0.4 is 11.1 Å². The summed E-state index contributed by atoms with van der Waals surface area (Å²) in [5.41, 5.74) is 10.2. The molecule has 0 spiro atoms. The van der Waals surface area contributed by atoms with Crippen LogP contribution in [0.25, 0.3) is 11.1 Å². The van der Waals surface area contributed by atoms with Gasteiger partial charge in [-0.1, -0.05) is 48.5 Å². The number of fused-ring (bicyclic) bond motifs is 3. The Morgan fingerprint density at radius 2 is 1.86 bits per heavy atom. The minimum Gasteiger partial charge on any atom is -0.449 e. The number of rotatable bonds is 2. The van der Waals surface area contributed by atoms with Crippen LogP contribution >= 0.6 is 12.2 Å². The maximum Gasteiger partial charge on any atom is 0.413 e. The number of carbonyl (C=O) groups is 1. The molecule has 0 aliphatic heterocycles. The molecule has 0 aromatic heterocycles. The predicted molar refractivity (Wildman–Crippen MR) is 89.6 cm³/mol. The summed E-state index contributed by atoms with van der Waals surface area (Å²) in [5, 5.41) is 2.19. The van der Waals surface area contributed by atoms with Gasteiger partial charge < -0.3 is 10.5 Å². The summed E-state index contributed by atoms with van der Waals surface area (Å²) in [6.45, 7) is 0.291. The highest BCUT2D eigenvalue weighted by atomic mass is 32.1. The van der Waals surface area contributed by atoms with Gasteiger partial charge in [-0.15, -0.1) is 0 Å². The monoisotopic (exact) mass is 312 g/mol. The van der Waals surface area contributed by atoms with Gasteiger partial charge in [-0.2, -0.15) is 0 Å². The van der Waals surface area contributed by atoms with Crippen LogP contribution in [0.2, 0.25) is 0 Å². The Bertz CT molecular complexity index is 730. The normalized spacial score (nSPS) is 15.4. The van der Waals surface area contributed by atoms with Crippen LogP contribution in [0, 0.1) is 0 Å². The second-order valence-electron chi connectivity index (χ2n) is 5.23. The third kappa shape index (κ3) is 2.94. The van der Waals surface area contributed by atoms with Gasteiger partial charge in [0.25, 0.3) is 0 Å². The van der Waals surface area contributed by atoms with Crippen LogP contribution in [0.5, 0.6) is 0 Å². The summed E-state index contributed by atoms with van der Waals surface area (Å²) in [6.07, 6.45) is 0.233. The summed E-state index contributed by atoms with van der Waals surface area (Å²) >= 11 is 4.62. The molecule has 2 aromatic rings. The number of alkyl carbamates (subject to hydrolysis) is 1. The lowest BCUT2D eigenvalue weighted by molar-refractivity contribution is 0.143. The molecule has 1 aliphatic rings. The molecular formula is C17H16N2O2S. The number of thiocarbonyl (C=S) groups is 1. The van der Waals surface area contributed by atoms with E-state index in [0.717, 1.165) is 6.42 Å². The molecule has 1 aliphatic carbocycles. The first-order valence-corrected chi connectivity index (χ1v) is 7.46. The average molecular weight is 312 g/mol. The van der Waals surface area contributed by atoms with E-state index in [9.17, 15) is 4.79 Å². The van der Waals surface area contributed by atoms with Crippen molar-refractivity contribution >= 4 is 23.4 Å². The van der Waals surface area contributed by atoms with Crippen molar-refractivity contribution in [1.82, 2.24) is 5.32 Å². The minimum atomic E-state index is -0.608. The van der Waals surface area contributed by atoms with Crippen molar-refractivity contribution in [2.75, 3.05) is 6.61 Å². The van der Waals surface area contributed by atoms with Crippen molar-refractivity contribution in [1.29, 1.82) is 0 Å². The van der Waals surface area contributed by atoms with E-state index in [4.69, 9.17) is 10.5 Å². The lowest BCUT2D eigenvalue weighted by Crippen LogP contribution is -2.36. The molecule has 22 heavy (non-hydrogen) atoms. The predicted octanol–water partition coefficient (Wildman–Crippen LogP) is 2.96. The maximum atomic E-state index is 11.6. The zero-order chi connectivity index (χ0) is 15.5. The Labute approximate surface area is 134 Å². The number of carbonyl (C=O) groups excluding carboxylic acids is 1. The molecule has 3 rings (SSSR count). The first kappa shape index (κ1) is 14.5. The highest BCUT2D eigenvalue weighted by molar-refractivity contribution is 7.80. The molecule has 0 heterocycles. The van der Waals surface area contributed by atoms with E-state index in [1.165, 1.54) is 22.3 Å². The highest BCUT2D eigenvalue weighted by Gasteiger charge is 2.25. The summed E-state index contributed by atoms with van der Waals surface area (Å²) in [4.78, 5) is 11.6. The number of benzene rings is 2. The van der Waals surface area contributed by atoms with E-state index in [0.29, 0.717) is 6.61 Å². The fraction of sp³-hybridized carbons (Fsp3) is 0.176. The fourth-order valence-electron chi connectivity index (χ4n) is 2.90. The molecule has 1 atom stereocenters. The van der Waals surface area contributed by atoms with Crippen molar-refractivity contribution < 1.29 is 9.53 Å². The largest absolute Gasteiger partial charge is 0.449 e. The van der Waals surface area contributed by atoms with Gasteiger partial charge in [0.15, 0.2) is 5.11 Å². The van der Waals surface area contributed by atoms with E-state index >= 15 is 0 Å². The fourth-order valence-corrected chi connectivity index (χ4v) is 2.98. The number of ether oxygens (including phenoxy) is 1. The minimum absolute atomic E-state index is 0.0839. The van der Waals surface area contributed by atoms with Gasteiger partial charge in [0.05, 0.1) is 0 Å². The molecule has 0 bridgehead atoms. The first-order valence-electron chi connectivity index (χ1n) is 7.05. The lowest BCUT2D eigenvalue weighted by atomic mass is 9.79. The van der Waals surface area contributed by atoms with Crippen LogP contribution in [0.4, 0.5) is 4.79 Å². The summed E-state index contributed by atoms with van der Waals surface area (Å²) in [5.74, 6) is 0.128. The maximum absolute atomic E-state index is 11.6. The van der Waals surface area contributed by atoms with Crippen LogP contribution in [0.15, 0.2) is 48.5 Å². The van der Waals surface area contributed by atoms with Crippen LogP contribution in [0.3, 0.4) is 0 Å². The number of amides is 1. The molecule has 112 valence electrons. The van der Waals surface area contributed by atoms with E-state index in [-0.39, 0.29) is 11.0 Å². The molecule has 0 saturated carbocycles. The van der Waals surface area contributed by atoms with Crippen molar-refractivity contribution in [3.05, 3.63) is 59.7 Å². The van der Waals surface area contributed by atoms with Crippen molar-refractivity contribution in [3.8, 4) is 11.1 Å². The van der Waals surface area contributed by atoms with Gasteiger partial charge in [0.1, 0.15) is 6.61 Å². The number of nitrogens with two attached hydrogens (primary N) is 1. The van der Waals surface area contributed by atoms with Crippen molar-refractivity contribution in [2.24, 2.45) is 5.73 Å². The Kier molecular flexibility index (Phi) is 4.06. The smallest absolute Gasteiger partial charge is 0.413 e. The van der Waals surface area contributed by atoms with E-state index in [1.54, 1.807) is 0 Å². The van der Waals surface area contributed by atoms with E-state index in [1.807, 2.05) is 24.3 Å². The third-order valence-electron chi connectivity index (χ3n) is 3.82. The third-order valence-corrected chi connectivity index (χ3v) is 3.92. The molecular weight excluding hydrogens is 296 g/mol. The van der Waals surface area contributed by atoms with Crippen LogP contribution in [-0.4, -0.2) is 17.8 Å². The van der Waals surface area contributed by atoms with Crippen LogP contribution in [-0.2, 0) is 11.2 Å². The van der Waals surface area contributed by atoms with Gasteiger partial charge in [-0.3, -0.25) is 5.32 Å². The Morgan fingerprint density at radius 3 is 2.64 bits per heavy atom. The molecule has 5 heteroatoms. The number of hydrogen-bond donors (Lipinski definition) is 2. The first-order chi connectivity index (χ1) is 10.6. The second-order valence-corrected chi connectivity index (χ2v) is 5.67. The SMILES string of the molecule is NC(=S)NC(=O)OCC1Cc2ccccc2-c2ccccc21. The Balaban J connectivity index is 1.83. The molecule has 2 aromatic carbocycles. The number of nitrogens with one attached hydrogen (secondary N) is 1. The summed E-state index contributed by atoms with van der Waals surface area (Å²) < 4.78 is 5.25. The molecule has 4 nitrogen and oxygen atoms in total. The zero-order valence-corrected chi connectivity index (χ0v) is 12.7. The topological polar surface area (TPSA) is 64.3 Å². The van der Waals surface area contributed by atoms with Crippen molar-refractivity contribution in [2.45, 2.75) is 12.3 Å². The standard InChI is InChI=1S/C17H16N2O2S/c18-16(22)19-17(20)21-10-12-9-11-5-1-2-6-13(11)15-8-4-3-7-14(12)15/h1-8,12H,9-10H2,(H3,18,19,20,22). The molecule has 3 N–H and O–H groups in total. The molecule has 1 unspecified atom stereocenters. The average Bonchev–Trinajstić information content (AvgIpc) is 2.52. The zero-order valence-electron chi connectivity index (χ0n) is 11.9. The molecule has 0 saturated heterocycles. The molecule has 1 amide bonds. The van der Waals surface area contributed by atoms with Gasteiger partial charge in [-0.05, 0) is 40.9 Å². The van der Waals surface area contributed by atoms with Crippen molar-refractivity contribution in [3.63, 3.8) is 0 Å². The van der Waals surface area contributed by atoms with Gasteiger partial charge in [0, 0.05) is 5.92 Å². The Hall–Kier alpha value is -2.40. The van der Waals surface area contributed by atoms with E-state index in [2.05, 4.69) is 41.8 Å². The van der Waals surface area contributed by atoms with E-state index < -0.39 is 6.09 Å². The molecule has 0 radical (unpaired) electrons. The Morgan fingerprint density at radius 1 is 1.18 bits per heavy atom. The number of hydrogen-bond acceptors (Lipinski definition) is 3. The van der Waals surface area contributed by atoms with Gasteiger partial charge >= 0.3 is 6.09 Å². The van der Waals surface area contributed by atoms with Gasteiger partial charge in [0.2, 0.25) is 0 Å². The molecule has 0 fully saturated rings. The van der Waals surface area contributed by atoms with Gasteiger partial charge in [-0.25, -0.2) is 4.79 Å². The second kappa shape index (κ2) is 6.15. The highest BCUT2D eigenvalue weighted by Crippen LogP contribution is 2.39. The summed E-state index contributed by atoms with van der Waals surface area (Å²) in [6, 6.07) is 16.6. The lowest BCUT2D eigenvalue weighted by Gasteiger charge is -2.27.